The van der Waals surface area contributed by atoms with Gasteiger partial charge in [0.2, 0.25) is 0 Å². The van der Waals surface area contributed by atoms with Crippen molar-refractivity contribution in [1.29, 1.82) is 0 Å². The molecule has 2 aliphatic heterocycles. The summed E-state index contributed by atoms with van der Waals surface area (Å²) in [4.78, 5) is 0. The van der Waals surface area contributed by atoms with Gasteiger partial charge in [0, 0.05) is 10.9 Å². The lowest BCUT2D eigenvalue weighted by molar-refractivity contribution is 0.518. The molecule has 8 aromatic carbocycles. The second-order valence-electron chi connectivity index (χ2n) is 12.2. The number of para-hydroxylation sites is 4. The van der Waals surface area contributed by atoms with Crippen molar-refractivity contribution in [3.05, 3.63) is 158 Å². The van der Waals surface area contributed by atoms with Crippen LogP contribution in [0.3, 0.4) is 0 Å². The molecule has 8 aromatic rings. The fraction of sp³-hybridized carbons (Fsp3) is 0. The van der Waals surface area contributed by atoms with Crippen LogP contribution in [0.5, 0.6) is 23.0 Å². The van der Waals surface area contributed by atoms with E-state index in [0.717, 1.165) is 55.5 Å². The molecule has 6 heteroatoms. The Morgan fingerprint density at radius 2 is 0.500 bits per heavy atom. The molecule has 2 heterocycles. The molecule has 0 atom stereocenters. The van der Waals surface area contributed by atoms with Gasteiger partial charge in [-0.25, -0.2) is 0 Å². The standard InChI is InChI=1S/C42H26B2O4/c1-2-12-28-27(11-1)31(33-23-25-37(35-15-5-3-13-29(33)35)43-45-39-17-7-8-18-40(39)46-43)21-22-32(28)34-24-26-38(36-16-6-4-14-30(34)36)44-47-41-19-9-10-20-42(41)48-44/h1-26H. The lowest BCUT2D eigenvalue weighted by Gasteiger charge is -2.17. The zero-order chi connectivity index (χ0) is 31.6. The van der Waals surface area contributed by atoms with E-state index in [2.05, 4.69) is 109 Å². The summed E-state index contributed by atoms with van der Waals surface area (Å²) in [6, 6.07) is 54.7. The first-order valence-corrected chi connectivity index (χ1v) is 16.2. The Kier molecular flexibility index (Phi) is 6.03. The Bertz CT molecular complexity index is 2340. The maximum Gasteiger partial charge on any atom is 0.633 e. The van der Waals surface area contributed by atoms with Crippen molar-refractivity contribution in [3.8, 4) is 45.3 Å². The monoisotopic (exact) mass is 616 g/mol. The fourth-order valence-electron chi connectivity index (χ4n) is 7.35. The molecule has 2 aliphatic rings. The van der Waals surface area contributed by atoms with Gasteiger partial charge in [0.25, 0.3) is 0 Å². The van der Waals surface area contributed by atoms with E-state index >= 15 is 0 Å². The van der Waals surface area contributed by atoms with E-state index in [-0.39, 0.29) is 0 Å². The van der Waals surface area contributed by atoms with Crippen LogP contribution < -0.4 is 29.5 Å². The Morgan fingerprint density at radius 1 is 0.250 bits per heavy atom. The first kappa shape index (κ1) is 27.0. The average Bonchev–Trinajstić information content (AvgIpc) is 3.78. The first-order chi connectivity index (χ1) is 23.8. The highest BCUT2D eigenvalue weighted by atomic mass is 16.6. The fourth-order valence-corrected chi connectivity index (χ4v) is 7.35. The Labute approximate surface area is 278 Å². The van der Waals surface area contributed by atoms with Crippen LogP contribution in [-0.4, -0.2) is 14.2 Å². The summed E-state index contributed by atoms with van der Waals surface area (Å²) < 4.78 is 24.9. The van der Waals surface area contributed by atoms with Gasteiger partial charge in [-0.05, 0) is 78.8 Å². The van der Waals surface area contributed by atoms with Gasteiger partial charge in [0.05, 0.1) is 0 Å². The Hall–Kier alpha value is -6.13. The summed E-state index contributed by atoms with van der Waals surface area (Å²) in [5.74, 6) is 3.08. The molecule has 0 N–H and O–H groups in total. The van der Waals surface area contributed by atoms with Crippen LogP contribution >= 0.6 is 0 Å². The number of hydrogen-bond acceptors (Lipinski definition) is 4. The summed E-state index contributed by atoms with van der Waals surface area (Å²) in [6.45, 7) is 0. The smallest absolute Gasteiger partial charge is 0.519 e. The van der Waals surface area contributed by atoms with Crippen molar-refractivity contribution in [2.75, 3.05) is 0 Å². The average molecular weight is 616 g/mol. The molecule has 0 aliphatic carbocycles. The van der Waals surface area contributed by atoms with E-state index in [1.165, 1.54) is 33.0 Å². The maximum absolute atomic E-state index is 6.24. The SMILES string of the molecule is c1ccc2c(c1)OB(c1ccc(-c3ccc(-c4ccc(B5Oc6ccccc6O5)c5ccccc45)c4ccccc34)c3ccccc13)O2. The van der Waals surface area contributed by atoms with Gasteiger partial charge in [-0.3, -0.25) is 0 Å². The third-order valence-electron chi connectivity index (χ3n) is 9.56. The van der Waals surface area contributed by atoms with Crippen LogP contribution in [0.2, 0.25) is 0 Å². The van der Waals surface area contributed by atoms with Gasteiger partial charge < -0.3 is 18.6 Å². The van der Waals surface area contributed by atoms with Gasteiger partial charge in [-0.15, -0.1) is 0 Å². The van der Waals surface area contributed by atoms with Gasteiger partial charge in [-0.2, -0.15) is 0 Å². The van der Waals surface area contributed by atoms with Crippen LogP contribution in [0.4, 0.5) is 0 Å². The van der Waals surface area contributed by atoms with Crippen LogP contribution in [0.1, 0.15) is 0 Å². The summed E-state index contributed by atoms with van der Waals surface area (Å²) in [6.07, 6.45) is 0. The van der Waals surface area contributed by atoms with Gasteiger partial charge in [0.15, 0.2) is 0 Å². The minimum atomic E-state index is -0.495. The summed E-state index contributed by atoms with van der Waals surface area (Å²) >= 11 is 0. The van der Waals surface area contributed by atoms with Gasteiger partial charge in [-0.1, -0.05) is 133 Å². The molecule has 0 spiro atoms. The maximum atomic E-state index is 6.24. The van der Waals surface area contributed by atoms with Crippen LogP contribution in [0.25, 0.3) is 54.6 Å². The van der Waals surface area contributed by atoms with Crippen LogP contribution in [0.15, 0.2) is 158 Å². The first-order valence-electron chi connectivity index (χ1n) is 16.2. The number of rotatable bonds is 4. The topological polar surface area (TPSA) is 36.9 Å². The number of fused-ring (bicyclic) bond motifs is 5. The molecule has 4 nitrogen and oxygen atoms in total. The summed E-state index contributed by atoms with van der Waals surface area (Å²) in [5, 5.41) is 6.92. The molecule has 0 saturated heterocycles. The van der Waals surface area contributed by atoms with Crippen molar-refractivity contribution in [3.63, 3.8) is 0 Å². The van der Waals surface area contributed by atoms with Crippen molar-refractivity contribution >= 4 is 57.5 Å². The minimum Gasteiger partial charge on any atom is -0.519 e. The lowest BCUT2D eigenvalue weighted by atomic mass is 9.74. The largest absolute Gasteiger partial charge is 0.633 e. The molecule has 0 bridgehead atoms. The molecule has 10 rings (SSSR count). The highest BCUT2D eigenvalue weighted by Gasteiger charge is 2.36. The van der Waals surface area contributed by atoms with E-state index in [1.54, 1.807) is 0 Å². The molecule has 0 unspecified atom stereocenters. The molecular weight excluding hydrogens is 590 g/mol. The van der Waals surface area contributed by atoms with E-state index in [4.69, 9.17) is 18.6 Å². The zero-order valence-electron chi connectivity index (χ0n) is 25.8. The van der Waals surface area contributed by atoms with Gasteiger partial charge in [0.1, 0.15) is 23.0 Å². The predicted molar refractivity (Wildman–Crippen MR) is 196 cm³/mol. The third-order valence-corrected chi connectivity index (χ3v) is 9.56. The number of benzene rings is 8. The summed E-state index contributed by atoms with van der Waals surface area (Å²) in [7, 11) is -0.989. The molecule has 0 fully saturated rings. The normalized spacial score (nSPS) is 13.2. The van der Waals surface area contributed by atoms with Gasteiger partial charge >= 0.3 is 14.2 Å². The van der Waals surface area contributed by atoms with Crippen molar-refractivity contribution < 1.29 is 18.6 Å². The van der Waals surface area contributed by atoms with E-state index in [1.807, 2.05) is 48.5 Å². The predicted octanol–water partition coefficient (Wildman–Crippen LogP) is 8.81. The van der Waals surface area contributed by atoms with Crippen molar-refractivity contribution in [2.24, 2.45) is 0 Å². The molecule has 0 aromatic heterocycles. The number of hydrogen-bond donors (Lipinski definition) is 0. The molecular formula is C42H26B2O4. The Morgan fingerprint density at radius 3 is 0.833 bits per heavy atom. The highest BCUT2D eigenvalue weighted by Crippen LogP contribution is 2.41. The second-order valence-corrected chi connectivity index (χ2v) is 12.2. The molecule has 48 heavy (non-hydrogen) atoms. The second kappa shape index (κ2) is 10.7. The van der Waals surface area contributed by atoms with E-state index in [9.17, 15) is 0 Å². The summed E-state index contributed by atoms with van der Waals surface area (Å²) in [5.41, 5.74) is 6.72. The highest BCUT2D eigenvalue weighted by molar-refractivity contribution is 6.67. The molecule has 0 amide bonds. The molecule has 0 saturated carbocycles. The van der Waals surface area contributed by atoms with Crippen molar-refractivity contribution in [2.45, 2.75) is 0 Å². The Balaban J connectivity index is 1.09. The minimum absolute atomic E-state index is 0.495. The van der Waals surface area contributed by atoms with Crippen molar-refractivity contribution in [1.82, 2.24) is 0 Å². The van der Waals surface area contributed by atoms with E-state index in [0.29, 0.717) is 0 Å². The van der Waals surface area contributed by atoms with Crippen LogP contribution in [-0.2, 0) is 0 Å². The lowest BCUT2D eigenvalue weighted by Crippen LogP contribution is -2.39. The third kappa shape index (κ3) is 4.19. The molecule has 224 valence electrons. The molecule has 0 radical (unpaired) electrons. The quantitative estimate of drug-likeness (QED) is 0.185. The van der Waals surface area contributed by atoms with Crippen LogP contribution in [0, 0.1) is 0 Å². The van der Waals surface area contributed by atoms with E-state index < -0.39 is 14.2 Å². The zero-order valence-corrected chi connectivity index (χ0v) is 25.8.